The highest BCUT2D eigenvalue weighted by atomic mass is 127. The number of ether oxygens (including phenoxy) is 3. The van der Waals surface area contributed by atoms with Crippen molar-refractivity contribution in [1.29, 1.82) is 0 Å². The summed E-state index contributed by atoms with van der Waals surface area (Å²) in [6.45, 7) is 8.20. The molecule has 1 fully saturated rings. The van der Waals surface area contributed by atoms with Crippen molar-refractivity contribution >= 4 is 29.9 Å². The van der Waals surface area contributed by atoms with Crippen molar-refractivity contribution in [2.24, 2.45) is 4.99 Å². The number of rotatable bonds is 12. The molecule has 0 spiro atoms. The van der Waals surface area contributed by atoms with E-state index in [-0.39, 0.29) is 30.1 Å². The summed E-state index contributed by atoms with van der Waals surface area (Å²) < 4.78 is 16.9. The SMILES string of the molecule is CCNC(=NCc1cccc(OCCN(C)C)c1)NCCCOC1CCOC1.I. The first-order chi connectivity index (χ1) is 13.7. The van der Waals surface area contributed by atoms with Gasteiger partial charge in [-0.2, -0.15) is 0 Å². The van der Waals surface area contributed by atoms with Crippen LogP contribution in [0.25, 0.3) is 0 Å². The molecule has 2 N–H and O–H groups in total. The van der Waals surface area contributed by atoms with Gasteiger partial charge in [0, 0.05) is 32.8 Å². The van der Waals surface area contributed by atoms with E-state index in [2.05, 4.69) is 39.6 Å². The summed E-state index contributed by atoms with van der Waals surface area (Å²) in [5, 5.41) is 6.66. The molecule has 1 saturated heterocycles. The first-order valence-electron chi connectivity index (χ1n) is 10.3. The summed E-state index contributed by atoms with van der Waals surface area (Å²) in [6, 6.07) is 8.13. The zero-order valence-corrected chi connectivity index (χ0v) is 20.3. The van der Waals surface area contributed by atoms with Crippen LogP contribution in [0.2, 0.25) is 0 Å². The van der Waals surface area contributed by atoms with E-state index in [1.807, 2.05) is 26.2 Å². The summed E-state index contributed by atoms with van der Waals surface area (Å²) >= 11 is 0. The Labute approximate surface area is 192 Å². The lowest BCUT2D eigenvalue weighted by Gasteiger charge is -2.13. The molecule has 0 bridgehead atoms. The number of likely N-dealkylation sites (N-methyl/N-ethyl adjacent to an activating group) is 1. The third kappa shape index (κ3) is 11.6. The Balaban J connectivity index is 0.00000420. The first-order valence-corrected chi connectivity index (χ1v) is 10.3. The van der Waals surface area contributed by atoms with Gasteiger partial charge in [-0.1, -0.05) is 12.1 Å². The second-order valence-electron chi connectivity index (χ2n) is 7.13. The van der Waals surface area contributed by atoms with Crippen LogP contribution in [0.1, 0.15) is 25.3 Å². The van der Waals surface area contributed by atoms with Crippen molar-refractivity contribution in [1.82, 2.24) is 15.5 Å². The smallest absolute Gasteiger partial charge is 0.191 e. The maximum atomic E-state index is 5.80. The van der Waals surface area contributed by atoms with Crippen LogP contribution in [0.3, 0.4) is 0 Å². The Kier molecular flexibility index (Phi) is 14.0. The van der Waals surface area contributed by atoms with Gasteiger partial charge >= 0.3 is 0 Å². The van der Waals surface area contributed by atoms with E-state index in [9.17, 15) is 0 Å². The first kappa shape index (κ1) is 25.9. The zero-order chi connectivity index (χ0) is 20.0. The summed E-state index contributed by atoms with van der Waals surface area (Å²) in [5.41, 5.74) is 1.13. The molecule has 0 aliphatic carbocycles. The lowest BCUT2D eigenvalue weighted by molar-refractivity contribution is 0.0420. The quantitative estimate of drug-likeness (QED) is 0.191. The zero-order valence-electron chi connectivity index (χ0n) is 18.0. The summed E-state index contributed by atoms with van der Waals surface area (Å²) in [7, 11) is 4.08. The summed E-state index contributed by atoms with van der Waals surface area (Å²) in [4.78, 5) is 6.78. The Morgan fingerprint density at radius 2 is 2.14 bits per heavy atom. The number of nitrogens with zero attached hydrogens (tertiary/aromatic N) is 2. The van der Waals surface area contributed by atoms with Gasteiger partial charge in [0.15, 0.2) is 5.96 Å². The standard InChI is InChI=1S/C21H36N4O3.HI/c1-4-22-21(23-10-6-12-27-20-9-13-26-17-20)24-16-18-7-5-8-19(15-18)28-14-11-25(2)3;/h5,7-8,15,20H,4,6,9-14,16-17H2,1-3H3,(H2,22,23,24);1H. The molecule has 1 aliphatic rings. The fraction of sp³-hybridized carbons (Fsp3) is 0.667. The van der Waals surface area contributed by atoms with Crippen LogP contribution in [0, 0.1) is 0 Å². The minimum Gasteiger partial charge on any atom is -0.492 e. The van der Waals surface area contributed by atoms with Crippen LogP contribution >= 0.6 is 24.0 Å². The van der Waals surface area contributed by atoms with E-state index >= 15 is 0 Å². The van der Waals surface area contributed by atoms with E-state index in [0.717, 1.165) is 69.6 Å². The molecule has 1 aromatic carbocycles. The molecular weight excluding hydrogens is 483 g/mol. The van der Waals surface area contributed by atoms with Crippen molar-refractivity contribution in [3.05, 3.63) is 29.8 Å². The summed E-state index contributed by atoms with van der Waals surface area (Å²) in [5.74, 6) is 1.71. The van der Waals surface area contributed by atoms with Gasteiger partial charge in [0.2, 0.25) is 0 Å². The third-order valence-electron chi connectivity index (χ3n) is 4.32. The molecule has 29 heavy (non-hydrogen) atoms. The van der Waals surface area contributed by atoms with Crippen molar-refractivity contribution in [2.75, 3.05) is 60.2 Å². The van der Waals surface area contributed by atoms with Gasteiger partial charge in [-0.15, -0.1) is 24.0 Å². The highest BCUT2D eigenvalue weighted by Gasteiger charge is 2.15. The highest BCUT2D eigenvalue weighted by molar-refractivity contribution is 14.0. The monoisotopic (exact) mass is 520 g/mol. The average molecular weight is 520 g/mol. The number of aliphatic imine (C=N–C) groups is 1. The normalized spacial score (nSPS) is 16.6. The van der Waals surface area contributed by atoms with Gasteiger partial charge in [-0.05, 0) is 51.6 Å². The fourth-order valence-corrected chi connectivity index (χ4v) is 2.77. The van der Waals surface area contributed by atoms with E-state index in [4.69, 9.17) is 14.2 Å². The number of guanidine groups is 1. The van der Waals surface area contributed by atoms with Gasteiger partial charge < -0.3 is 29.7 Å². The van der Waals surface area contributed by atoms with Crippen molar-refractivity contribution in [3.8, 4) is 5.75 Å². The predicted molar refractivity (Wildman–Crippen MR) is 129 cm³/mol. The molecule has 0 amide bonds. The van der Waals surface area contributed by atoms with Crippen LogP contribution in [0.5, 0.6) is 5.75 Å². The number of nitrogens with one attached hydrogen (secondary N) is 2. The molecule has 166 valence electrons. The van der Waals surface area contributed by atoms with Gasteiger partial charge in [-0.3, -0.25) is 0 Å². The van der Waals surface area contributed by atoms with Crippen molar-refractivity contribution < 1.29 is 14.2 Å². The second kappa shape index (κ2) is 15.7. The molecule has 1 heterocycles. The molecule has 0 saturated carbocycles. The molecule has 0 aromatic heterocycles. The maximum absolute atomic E-state index is 5.80. The van der Waals surface area contributed by atoms with Crippen molar-refractivity contribution in [2.45, 2.75) is 32.4 Å². The minimum absolute atomic E-state index is 0. The Morgan fingerprint density at radius 1 is 1.28 bits per heavy atom. The topological polar surface area (TPSA) is 67.4 Å². The molecule has 2 rings (SSSR count). The molecule has 1 unspecified atom stereocenters. The van der Waals surface area contributed by atoms with Crippen LogP contribution < -0.4 is 15.4 Å². The van der Waals surface area contributed by atoms with Crippen molar-refractivity contribution in [3.63, 3.8) is 0 Å². The number of benzene rings is 1. The van der Waals surface area contributed by atoms with Gasteiger partial charge in [0.25, 0.3) is 0 Å². The fourth-order valence-electron chi connectivity index (χ4n) is 2.77. The Bertz CT molecular complexity index is 581. The molecule has 1 atom stereocenters. The summed E-state index contributed by atoms with van der Waals surface area (Å²) in [6.07, 6.45) is 2.22. The number of hydrogen-bond donors (Lipinski definition) is 2. The maximum Gasteiger partial charge on any atom is 0.191 e. The minimum atomic E-state index is 0. The molecule has 1 aliphatic heterocycles. The van der Waals surface area contributed by atoms with Crippen LogP contribution in [0.15, 0.2) is 29.3 Å². The van der Waals surface area contributed by atoms with Gasteiger partial charge in [0.05, 0.1) is 19.3 Å². The number of halogens is 1. The predicted octanol–water partition coefficient (Wildman–Crippen LogP) is 2.50. The van der Waals surface area contributed by atoms with E-state index in [1.54, 1.807) is 0 Å². The third-order valence-corrected chi connectivity index (χ3v) is 4.32. The van der Waals surface area contributed by atoms with Gasteiger partial charge in [0.1, 0.15) is 12.4 Å². The average Bonchev–Trinajstić information content (AvgIpc) is 3.19. The Morgan fingerprint density at radius 3 is 2.86 bits per heavy atom. The molecule has 1 aromatic rings. The molecule has 0 radical (unpaired) electrons. The number of hydrogen-bond acceptors (Lipinski definition) is 5. The van der Waals surface area contributed by atoms with E-state index in [0.29, 0.717) is 13.2 Å². The highest BCUT2D eigenvalue weighted by Crippen LogP contribution is 2.14. The molecular formula is C21H37IN4O3. The lowest BCUT2D eigenvalue weighted by Crippen LogP contribution is -2.38. The lowest BCUT2D eigenvalue weighted by atomic mass is 10.2. The van der Waals surface area contributed by atoms with Gasteiger partial charge in [-0.25, -0.2) is 4.99 Å². The largest absolute Gasteiger partial charge is 0.492 e. The molecule has 7 nitrogen and oxygen atoms in total. The van der Waals surface area contributed by atoms with E-state index in [1.165, 1.54) is 0 Å². The second-order valence-corrected chi connectivity index (χ2v) is 7.13. The van der Waals surface area contributed by atoms with Crippen LogP contribution in [-0.2, 0) is 16.0 Å². The Hall–Kier alpha value is -1.10. The van der Waals surface area contributed by atoms with Crippen LogP contribution in [-0.4, -0.2) is 77.1 Å². The molecule has 8 heteroatoms. The van der Waals surface area contributed by atoms with Crippen LogP contribution in [0.4, 0.5) is 0 Å². The van der Waals surface area contributed by atoms with E-state index < -0.39 is 0 Å².